The summed E-state index contributed by atoms with van der Waals surface area (Å²) in [6, 6.07) is 6.07. The average molecular weight is 489 g/mol. The van der Waals surface area contributed by atoms with Crippen molar-refractivity contribution in [1.82, 2.24) is 15.4 Å². The maximum atomic E-state index is 12.4. The van der Waals surface area contributed by atoms with Crippen LogP contribution >= 0.6 is 11.6 Å². The fourth-order valence-electron chi connectivity index (χ4n) is 5.73. The van der Waals surface area contributed by atoms with E-state index in [4.69, 9.17) is 20.9 Å². The summed E-state index contributed by atoms with van der Waals surface area (Å²) in [6.07, 6.45) is 9.92. The van der Waals surface area contributed by atoms with E-state index in [-0.39, 0.29) is 12.0 Å². The molecule has 0 spiro atoms. The van der Waals surface area contributed by atoms with Gasteiger partial charge in [-0.1, -0.05) is 16.8 Å². The third kappa shape index (κ3) is 6.04. The van der Waals surface area contributed by atoms with Gasteiger partial charge in [-0.3, -0.25) is 9.69 Å². The monoisotopic (exact) mass is 488 g/mol. The maximum absolute atomic E-state index is 12.4. The fourth-order valence-corrected chi connectivity index (χ4v) is 5.89. The molecule has 3 fully saturated rings. The van der Waals surface area contributed by atoms with Crippen LogP contribution in [0.2, 0.25) is 5.02 Å². The minimum absolute atomic E-state index is 0.132. The predicted molar refractivity (Wildman–Crippen MR) is 134 cm³/mol. The first-order chi connectivity index (χ1) is 16.6. The Kier molecular flexibility index (Phi) is 7.92. The Morgan fingerprint density at radius 3 is 2.68 bits per heavy atom. The second-order valence-corrected chi connectivity index (χ2v) is 10.7. The number of carbonyl (C=O) groups excluding carboxylic acids is 1. The van der Waals surface area contributed by atoms with E-state index in [0.717, 1.165) is 87.7 Å². The van der Waals surface area contributed by atoms with Crippen LogP contribution in [-0.4, -0.2) is 67.4 Å². The van der Waals surface area contributed by atoms with E-state index < -0.39 is 0 Å². The van der Waals surface area contributed by atoms with Crippen LogP contribution < -0.4 is 10.2 Å². The molecule has 1 atom stereocenters. The maximum Gasteiger partial charge on any atom is 0.222 e. The number of nitrogens with one attached hydrogen (secondary N) is 1. The lowest BCUT2D eigenvalue weighted by Crippen LogP contribution is -2.47. The van der Waals surface area contributed by atoms with E-state index >= 15 is 0 Å². The number of piperazine rings is 1. The first kappa shape index (κ1) is 23.9. The second-order valence-electron chi connectivity index (χ2n) is 10.2. The molecule has 34 heavy (non-hydrogen) atoms. The van der Waals surface area contributed by atoms with E-state index in [9.17, 15) is 4.79 Å². The molecule has 0 unspecified atom stereocenters. The third-order valence-corrected chi connectivity index (χ3v) is 8.07. The Hall–Kier alpha value is -1.83. The molecule has 1 aromatic carbocycles. The summed E-state index contributed by atoms with van der Waals surface area (Å²) in [5.41, 5.74) is 0.749. The molecule has 1 aromatic heterocycles. The minimum Gasteiger partial charge on any atom is -0.378 e. The number of carbonyl (C=O) groups is 1. The first-order valence-corrected chi connectivity index (χ1v) is 13.4. The molecule has 1 aliphatic carbocycles. The number of hydrogen-bond acceptors (Lipinski definition) is 6. The van der Waals surface area contributed by atoms with Crippen LogP contribution in [0.4, 0.5) is 5.82 Å². The molecular formula is C26H37ClN4O3. The first-order valence-electron chi connectivity index (χ1n) is 13.1. The van der Waals surface area contributed by atoms with E-state index in [0.29, 0.717) is 17.5 Å². The molecular weight excluding hydrogens is 452 g/mol. The van der Waals surface area contributed by atoms with Crippen LogP contribution in [0.25, 0.3) is 11.0 Å². The number of amides is 1. The fraction of sp³-hybridized carbons (Fsp3) is 0.692. The molecule has 5 rings (SSSR count). The summed E-state index contributed by atoms with van der Waals surface area (Å²) in [7, 11) is 0. The molecule has 2 aromatic rings. The molecule has 1 N–H and O–H groups in total. The second kappa shape index (κ2) is 11.3. The summed E-state index contributed by atoms with van der Waals surface area (Å²) in [6.45, 7) is 6.00. The molecule has 8 heteroatoms. The third-order valence-electron chi connectivity index (χ3n) is 7.84. The van der Waals surface area contributed by atoms with Crippen LogP contribution in [-0.2, 0) is 9.53 Å². The van der Waals surface area contributed by atoms with Gasteiger partial charge in [-0.15, -0.1) is 0 Å². The van der Waals surface area contributed by atoms with Gasteiger partial charge in [0.25, 0.3) is 0 Å². The number of rotatable bonds is 7. The SMILES string of the molecule is O=C(C[C@H]1CCCCO1)NC1CCC(CCN2CCN(c3noc4cc(Cl)ccc34)CC2)CC1. The summed E-state index contributed by atoms with van der Waals surface area (Å²) >= 11 is 6.07. The largest absolute Gasteiger partial charge is 0.378 e. The van der Waals surface area contributed by atoms with Gasteiger partial charge in [-0.2, -0.15) is 0 Å². The van der Waals surface area contributed by atoms with Gasteiger partial charge < -0.3 is 19.5 Å². The molecule has 3 aliphatic rings. The van der Waals surface area contributed by atoms with E-state index in [1.54, 1.807) is 0 Å². The number of nitrogens with zero attached hydrogens (tertiary/aromatic N) is 3. The minimum atomic E-state index is 0.132. The van der Waals surface area contributed by atoms with Gasteiger partial charge in [0.15, 0.2) is 11.4 Å². The molecule has 0 bridgehead atoms. The number of hydrogen-bond donors (Lipinski definition) is 1. The van der Waals surface area contributed by atoms with E-state index in [1.165, 1.54) is 25.7 Å². The molecule has 1 saturated carbocycles. The Morgan fingerprint density at radius 1 is 1.09 bits per heavy atom. The molecule has 1 amide bonds. The van der Waals surface area contributed by atoms with Crippen molar-refractivity contribution in [3.05, 3.63) is 23.2 Å². The zero-order chi connectivity index (χ0) is 23.3. The van der Waals surface area contributed by atoms with Crippen LogP contribution in [0.15, 0.2) is 22.7 Å². The summed E-state index contributed by atoms with van der Waals surface area (Å²) in [5.74, 6) is 1.88. The molecule has 7 nitrogen and oxygen atoms in total. The van der Waals surface area contributed by atoms with Crippen molar-refractivity contribution in [3.63, 3.8) is 0 Å². The normalized spacial score (nSPS) is 26.6. The highest BCUT2D eigenvalue weighted by molar-refractivity contribution is 6.31. The number of fused-ring (bicyclic) bond motifs is 1. The van der Waals surface area contributed by atoms with Crippen LogP contribution in [0.1, 0.15) is 57.8 Å². The van der Waals surface area contributed by atoms with Crippen LogP contribution in [0, 0.1) is 5.92 Å². The molecule has 2 saturated heterocycles. The number of aromatic nitrogens is 1. The smallest absolute Gasteiger partial charge is 0.222 e. The van der Waals surface area contributed by atoms with Crippen molar-refractivity contribution in [2.75, 3.05) is 44.2 Å². The number of benzene rings is 1. The Balaban J connectivity index is 0.992. The Morgan fingerprint density at radius 2 is 1.91 bits per heavy atom. The van der Waals surface area contributed by atoms with Gasteiger partial charge in [-0.25, -0.2) is 0 Å². The topological polar surface area (TPSA) is 70.8 Å². The lowest BCUT2D eigenvalue weighted by molar-refractivity contribution is -0.125. The van der Waals surface area contributed by atoms with Crippen molar-refractivity contribution in [2.45, 2.75) is 69.9 Å². The molecule has 3 heterocycles. The van der Waals surface area contributed by atoms with Crippen molar-refractivity contribution in [2.24, 2.45) is 5.92 Å². The molecule has 0 radical (unpaired) electrons. The van der Waals surface area contributed by atoms with Gasteiger partial charge in [0.1, 0.15) is 0 Å². The Labute approximate surface area is 207 Å². The zero-order valence-corrected chi connectivity index (χ0v) is 20.8. The highest BCUT2D eigenvalue weighted by Gasteiger charge is 2.26. The van der Waals surface area contributed by atoms with Gasteiger partial charge in [0, 0.05) is 49.9 Å². The summed E-state index contributed by atoms with van der Waals surface area (Å²) < 4.78 is 11.2. The van der Waals surface area contributed by atoms with Gasteiger partial charge >= 0.3 is 0 Å². The lowest BCUT2D eigenvalue weighted by Gasteiger charge is -2.36. The van der Waals surface area contributed by atoms with E-state index in [2.05, 4.69) is 20.3 Å². The van der Waals surface area contributed by atoms with E-state index in [1.807, 2.05) is 18.2 Å². The summed E-state index contributed by atoms with van der Waals surface area (Å²) in [5, 5.41) is 9.28. The zero-order valence-electron chi connectivity index (χ0n) is 20.0. The van der Waals surface area contributed by atoms with Crippen molar-refractivity contribution in [1.29, 1.82) is 0 Å². The summed E-state index contributed by atoms with van der Waals surface area (Å²) in [4.78, 5) is 17.3. The average Bonchev–Trinajstić information content (AvgIpc) is 3.27. The molecule has 2 aliphatic heterocycles. The quantitative estimate of drug-likeness (QED) is 0.612. The number of halogens is 1. The highest BCUT2D eigenvalue weighted by atomic mass is 35.5. The van der Waals surface area contributed by atoms with Crippen LogP contribution in [0.3, 0.4) is 0 Å². The predicted octanol–water partition coefficient (Wildman–Crippen LogP) is 4.63. The number of ether oxygens (including phenoxy) is 1. The lowest BCUT2D eigenvalue weighted by atomic mass is 9.84. The van der Waals surface area contributed by atoms with Gasteiger partial charge in [0.05, 0.1) is 17.9 Å². The Bertz CT molecular complexity index is 945. The van der Waals surface area contributed by atoms with Crippen molar-refractivity contribution < 1.29 is 14.1 Å². The number of anilines is 1. The van der Waals surface area contributed by atoms with Gasteiger partial charge in [-0.05, 0) is 76.0 Å². The highest BCUT2D eigenvalue weighted by Crippen LogP contribution is 2.30. The van der Waals surface area contributed by atoms with Gasteiger partial charge in [0.2, 0.25) is 5.91 Å². The van der Waals surface area contributed by atoms with Crippen LogP contribution in [0.5, 0.6) is 0 Å². The molecule has 186 valence electrons. The van der Waals surface area contributed by atoms with Crippen molar-refractivity contribution in [3.8, 4) is 0 Å². The standard InChI is InChI=1S/C26H37ClN4O3/c27-20-6-9-23-24(17-20)34-29-26(23)31-14-12-30(13-15-31)11-10-19-4-7-21(8-5-19)28-25(32)18-22-3-1-2-16-33-22/h6,9,17,19,21-22H,1-5,7-8,10-16,18H2,(H,28,32)/t19?,21?,22-/m1/s1. The van der Waals surface area contributed by atoms with Crippen molar-refractivity contribution >= 4 is 34.3 Å².